The van der Waals surface area contributed by atoms with Gasteiger partial charge in [-0.3, -0.25) is 9.20 Å². The molecule has 2 nitrogen and oxygen atoms in total. The van der Waals surface area contributed by atoms with Gasteiger partial charge in [-0.25, -0.2) is 0 Å². The van der Waals surface area contributed by atoms with Crippen LogP contribution >= 0.6 is 0 Å². The summed E-state index contributed by atoms with van der Waals surface area (Å²) in [5.41, 5.74) is 12.0. The van der Waals surface area contributed by atoms with Gasteiger partial charge in [0.05, 0.1) is 16.4 Å². The fraction of sp³-hybridized carbons (Fsp3) is 0.0750. The number of hydrogen-bond acceptors (Lipinski definition) is 1. The van der Waals surface area contributed by atoms with Crippen molar-refractivity contribution in [1.82, 2.24) is 4.40 Å². The highest BCUT2D eigenvalue weighted by molar-refractivity contribution is 6.24. The van der Waals surface area contributed by atoms with Crippen LogP contribution in [0.3, 0.4) is 0 Å². The Morgan fingerprint density at radius 3 is 1.69 bits per heavy atom. The molecular weight excluding hydrogens is 510 g/mol. The molecule has 2 heterocycles. The molecule has 0 N–H and O–H groups in total. The van der Waals surface area contributed by atoms with Crippen LogP contribution in [0.4, 0.5) is 0 Å². The van der Waals surface area contributed by atoms with Crippen molar-refractivity contribution >= 4 is 38.0 Å². The summed E-state index contributed by atoms with van der Waals surface area (Å²) in [6.45, 7) is 4.00. The predicted molar refractivity (Wildman–Crippen MR) is 175 cm³/mol. The standard InChI is InChI=1S/C38H21NO.C2H6/c40-37-26-13-2-1-10-22(26)25-15-9-16-28-35-33(39(37)36(25)28)21-20-32-34(35)27-14-5-8-19-31(27)38(32)29-17-6-3-11-23(29)24-12-4-7-18-30(24)38;1-2/h1-21H;1-2H3. The fourth-order valence-corrected chi connectivity index (χ4v) is 8.19. The van der Waals surface area contributed by atoms with Crippen LogP contribution < -0.4 is 5.56 Å². The topological polar surface area (TPSA) is 21.5 Å². The molecule has 0 radical (unpaired) electrons. The highest BCUT2D eigenvalue weighted by atomic mass is 16.1. The molecule has 2 heteroatoms. The van der Waals surface area contributed by atoms with E-state index in [1.54, 1.807) is 0 Å². The molecule has 42 heavy (non-hydrogen) atoms. The Kier molecular flexibility index (Phi) is 4.57. The van der Waals surface area contributed by atoms with E-state index >= 15 is 0 Å². The second kappa shape index (κ2) is 8.18. The SMILES string of the molecule is CC.O=c1c2ccccc2c2cccc3c4c5c(ccc4n1c23)C1(c2ccccc2-c2ccccc21)c1ccccc1-5. The van der Waals surface area contributed by atoms with Crippen LogP contribution in [0.2, 0.25) is 0 Å². The van der Waals surface area contributed by atoms with Crippen LogP contribution in [-0.4, -0.2) is 4.40 Å². The van der Waals surface area contributed by atoms with E-state index in [2.05, 4.69) is 109 Å². The molecule has 0 saturated carbocycles. The van der Waals surface area contributed by atoms with Gasteiger partial charge in [-0.2, -0.15) is 0 Å². The molecule has 2 aliphatic carbocycles. The minimum atomic E-state index is -0.396. The van der Waals surface area contributed by atoms with E-state index in [-0.39, 0.29) is 5.56 Å². The van der Waals surface area contributed by atoms with E-state index < -0.39 is 5.41 Å². The molecule has 0 atom stereocenters. The van der Waals surface area contributed by atoms with Gasteiger partial charge in [0, 0.05) is 21.5 Å². The summed E-state index contributed by atoms with van der Waals surface area (Å²) in [4.78, 5) is 14.1. The number of aromatic nitrogens is 1. The maximum absolute atomic E-state index is 14.1. The molecule has 0 bridgehead atoms. The highest BCUT2D eigenvalue weighted by Crippen LogP contribution is 2.64. The smallest absolute Gasteiger partial charge is 0.263 e. The van der Waals surface area contributed by atoms with Crippen LogP contribution in [0.25, 0.3) is 60.2 Å². The Hall–Kier alpha value is -5.21. The summed E-state index contributed by atoms with van der Waals surface area (Å²) in [6, 6.07) is 45.7. The average molecular weight is 538 g/mol. The molecule has 2 aliphatic rings. The van der Waals surface area contributed by atoms with E-state index in [0.29, 0.717) is 0 Å². The Morgan fingerprint density at radius 1 is 0.476 bits per heavy atom. The molecule has 6 aromatic carbocycles. The Bertz CT molecular complexity index is 2420. The van der Waals surface area contributed by atoms with E-state index in [1.165, 1.54) is 49.9 Å². The summed E-state index contributed by atoms with van der Waals surface area (Å²) < 4.78 is 1.97. The lowest BCUT2D eigenvalue weighted by molar-refractivity contribution is 0.794. The van der Waals surface area contributed by atoms with Gasteiger partial charge in [0.1, 0.15) is 0 Å². The van der Waals surface area contributed by atoms with Gasteiger partial charge < -0.3 is 0 Å². The zero-order chi connectivity index (χ0) is 28.2. The lowest BCUT2D eigenvalue weighted by Gasteiger charge is -2.30. The summed E-state index contributed by atoms with van der Waals surface area (Å²) in [7, 11) is 0. The first-order valence-electron chi connectivity index (χ1n) is 14.8. The Balaban J connectivity index is 0.00000123. The second-order valence-electron chi connectivity index (χ2n) is 11.2. The van der Waals surface area contributed by atoms with Crippen LogP contribution in [-0.2, 0) is 5.41 Å². The van der Waals surface area contributed by atoms with Crippen molar-refractivity contribution < 1.29 is 0 Å². The van der Waals surface area contributed by atoms with E-state index in [9.17, 15) is 4.79 Å². The predicted octanol–water partition coefficient (Wildman–Crippen LogP) is 9.57. The number of para-hydroxylation sites is 1. The minimum Gasteiger partial charge on any atom is -0.275 e. The molecule has 0 fully saturated rings. The molecule has 0 amide bonds. The minimum absolute atomic E-state index is 0.0480. The zero-order valence-electron chi connectivity index (χ0n) is 23.5. The summed E-state index contributed by atoms with van der Waals surface area (Å²) >= 11 is 0. The number of rotatable bonds is 0. The fourth-order valence-electron chi connectivity index (χ4n) is 8.19. The molecule has 1 spiro atoms. The maximum Gasteiger partial charge on any atom is 0.263 e. The quantitative estimate of drug-likeness (QED) is 0.177. The molecule has 8 aromatic rings. The van der Waals surface area contributed by atoms with Gasteiger partial charge in [-0.1, -0.05) is 129 Å². The largest absolute Gasteiger partial charge is 0.275 e. The summed E-state index contributed by atoms with van der Waals surface area (Å²) in [5, 5.41) is 5.20. The molecule has 198 valence electrons. The van der Waals surface area contributed by atoms with Crippen LogP contribution in [0.1, 0.15) is 36.1 Å². The second-order valence-corrected chi connectivity index (χ2v) is 11.2. The van der Waals surface area contributed by atoms with Crippen molar-refractivity contribution in [3.05, 3.63) is 160 Å². The normalized spacial score (nSPS) is 13.8. The summed E-state index contributed by atoms with van der Waals surface area (Å²) in [5.74, 6) is 0. The zero-order valence-corrected chi connectivity index (χ0v) is 23.5. The van der Waals surface area contributed by atoms with Gasteiger partial charge in [0.15, 0.2) is 0 Å². The number of nitrogens with zero attached hydrogens (tertiary/aromatic N) is 1. The lowest BCUT2D eigenvalue weighted by atomic mass is 9.70. The number of benzene rings is 6. The molecular formula is C40H27NO. The van der Waals surface area contributed by atoms with Crippen LogP contribution in [0.5, 0.6) is 0 Å². The number of hydrogen-bond donors (Lipinski definition) is 0. The Morgan fingerprint density at radius 2 is 1.00 bits per heavy atom. The van der Waals surface area contributed by atoms with Crippen molar-refractivity contribution in [3.8, 4) is 22.3 Å². The first kappa shape index (κ1) is 23.5. The first-order valence-corrected chi connectivity index (χ1v) is 14.8. The van der Waals surface area contributed by atoms with Crippen LogP contribution in [0.15, 0.2) is 132 Å². The van der Waals surface area contributed by atoms with Gasteiger partial charge >= 0.3 is 0 Å². The Labute approximate surface area is 243 Å². The van der Waals surface area contributed by atoms with Crippen molar-refractivity contribution in [1.29, 1.82) is 0 Å². The molecule has 0 aliphatic heterocycles. The van der Waals surface area contributed by atoms with Gasteiger partial charge in [-0.15, -0.1) is 0 Å². The monoisotopic (exact) mass is 537 g/mol. The van der Waals surface area contributed by atoms with E-state index in [1.807, 2.05) is 36.4 Å². The summed E-state index contributed by atoms with van der Waals surface area (Å²) in [6.07, 6.45) is 0. The molecule has 10 rings (SSSR count). The van der Waals surface area contributed by atoms with E-state index in [0.717, 1.165) is 32.6 Å². The van der Waals surface area contributed by atoms with Crippen molar-refractivity contribution in [2.24, 2.45) is 0 Å². The van der Waals surface area contributed by atoms with Crippen LogP contribution in [0, 0.1) is 0 Å². The lowest BCUT2D eigenvalue weighted by Crippen LogP contribution is -2.25. The first-order chi connectivity index (χ1) is 20.8. The average Bonchev–Trinajstić information content (AvgIpc) is 3.67. The van der Waals surface area contributed by atoms with Crippen molar-refractivity contribution in [2.75, 3.05) is 0 Å². The van der Waals surface area contributed by atoms with Gasteiger partial charge in [-0.05, 0) is 62.0 Å². The number of pyridine rings is 1. The third kappa shape index (κ3) is 2.51. The highest BCUT2D eigenvalue weighted by Gasteiger charge is 2.52. The molecule has 0 saturated heterocycles. The number of fused-ring (bicyclic) bond motifs is 16. The van der Waals surface area contributed by atoms with E-state index in [4.69, 9.17) is 0 Å². The molecule has 0 unspecified atom stereocenters. The maximum atomic E-state index is 14.1. The molecule has 2 aromatic heterocycles. The van der Waals surface area contributed by atoms with Gasteiger partial charge in [0.2, 0.25) is 0 Å². The third-order valence-corrected chi connectivity index (χ3v) is 9.56. The van der Waals surface area contributed by atoms with Crippen molar-refractivity contribution in [2.45, 2.75) is 19.3 Å². The van der Waals surface area contributed by atoms with Crippen molar-refractivity contribution in [3.63, 3.8) is 0 Å². The van der Waals surface area contributed by atoms with Gasteiger partial charge in [0.25, 0.3) is 5.56 Å². The third-order valence-electron chi connectivity index (χ3n) is 9.56.